The summed E-state index contributed by atoms with van der Waals surface area (Å²) in [5.74, 6) is 0.0722. The van der Waals surface area contributed by atoms with Crippen LogP contribution < -0.4 is 11.1 Å². The van der Waals surface area contributed by atoms with Crippen molar-refractivity contribution in [2.24, 2.45) is 0 Å². The van der Waals surface area contributed by atoms with E-state index in [1.807, 2.05) is 13.8 Å². The predicted molar refractivity (Wildman–Crippen MR) is 78.5 cm³/mol. The van der Waals surface area contributed by atoms with E-state index >= 15 is 0 Å². The third-order valence-electron chi connectivity index (χ3n) is 3.02. The van der Waals surface area contributed by atoms with E-state index in [4.69, 9.17) is 5.73 Å². The van der Waals surface area contributed by atoms with Gasteiger partial charge in [0.1, 0.15) is 0 Å². The van der Waals surface area contributed by atoms with Crippen molar-refractivity contribution in [3.8, 4) is 0 Å². The van der Waals surface area contributed by atoms with Gasteiger partial charge in [-0.1, -0.05) is 0 Å². The van der Waals surface area contributed by atoms with Gasteiger partial charge in [0.25, 0.3) is 5.69 Å². The third-order valence-corrected chi connectivity index (χ3v) is 3.02. The number of nitrogens with two attached hydrogens (primary N) is 1. The summed E-state index contributed by atoms with van der Waals surface area (Å²) < 4.78 is 0. The normalized spacial score (nSPS) is 10.1. The molecule has 0 bridgehead atoms. The fourth-order valence-electron chi connectivity index (χ4n) is 1.86. The Bertz CT molecular complexity index is 487. The van der Waals surface area contributed by atoms with Gasteiger partial charge in [0, 0.05) is 38.2 Å². The van der Waals surface area contributed by atoms with E-state index in [1.54, 1.807) is 11.0 Å². The van der Waals surface area contributed by atoms with Gasteiger partial charge in [-0.15, -0.1) is 0 Å². The molecule has 7 heteroatoms. The van der Waals surface area contributed by atoms with Gasteiger partial charge in [-0.2, -0.15) is 0 Å². The maximum Gasteiger partial charge on any atom is 0.271 e. The smallest absolute Gasteiger partial charge is 0.271 e. The lowest BCUT2D eigenvalue weighted by Gasteiger charge is -2.18. The van der Waals surface area contributed by atoms with Gasteiger partial charge in [0.15, 0.2) is 0 Å². The maximum absolute atomic E-state index is 11.8. The Morgan fingerprint density at radius 2 is 2.05 bits per heavy atom. The van der Waals surface area contributed by atoms with E-state index in [0.717, 1.165) is 0 Å². The molecule has 0 unspecified atom stereocenters. The molecule has 0 spiro atoms. The number of nitro benzene ring substituents is 1. The summed E-state index contributed by atoms with van der Waals surface area (Å²) >= 11 is 0. The summed E-state index contributed by atoms with van der Waals surface area (Å²) in [5, 5.41) is 13.6. The van der Waals surface area contributed by atoms with E-state index in [9.17, 15) is 14.9 Å². The molecular weight excluding hydrogens is 260 g/mol. The Morgan fingerprint density at radius 3 is 2.55 bits per heavy atom. The number of anilines is 2. The predicted octanol–water partition coefficient (Wildman–Crippen LogP) is 1.85. The molecule has 0 aromatic heterocycles. The zero-order valence-electron chi connectivity index (χ0n) is 11.8. The van der Waals surface area contributed by atoms with E-state index in [2.05, 4.69) is 5.32 Å². The number of carbonyl (C=O) groups excluding carboxylic acids is 1. The highest BCUT2D eigenvalue weighted by Crippen LogP contribution is 2.23. The lowest BCUT2D eigenvalue weighted by molar-refractivity contribution is -0.384. The molecule has 7 nitrogen and oxygen atoms in total. The molecule has 0 radical (unpaired) electrons. The highest BCUT2D eigenvalue weighted by atomic mass is 16.6. The van der Waals surface area contributed by atoms with Gasteiger partial charge in [-0.3, -0.25) is 14.9 Å². The zero-order valence-corrected chi connectivity index (χ0v) is 11.8. The molecule has 1 aromatic carbocycles. The molecule has 0 aliphatic rings. The average Bonchev–Trinajstić information content (AvgIpc) is 2.41. The highest BCUT2D eigenvalue weighted by Gasteiger charge is 2.11. The number of hydrogen-bond acceptors (Lipinski definition) is 5. The number of nitro groups is 1. The van der Waals surface area contributed by atoms with Crippen LogP contribution in [0.4, 0.5) is 17.1 Å². The number of nitrogens with zero attached hydrogens (tertiary/aromatic N) is 2. The monoisotopic (exact) mass is 280 g/mol. The fraction of sp³-hybridized carbons (Fsp3) is 0.462. The van der Waals surface area contributed by atoms with Crippen LogP contribution in [0.2, 0.25) is 0 Å². The first kappa shape index (κ1) is 15.7. The number of rotatable bonds is 7. The lowest BCUT2D eigenvalue weighted by Crippen LogP contribution is -2.31. The minimum absolute atomic E-state index is 0.0488. The quantitative estimate of drug-likeness (QED) is 0.451. The summed E-state index contributed by atoms with van der Waals surface area (Å²) in [6.07, 6.45) is 0.359. The Morgan fingerprint density at radius 1 is 1.40 bits per heavy atom. The molecule has 1 aromatic rings. The van der Waals surface area contributed by atoms with Crippen LogP contribution in [0.1, 0.15) is 20.3 Å². The number of carbonyl (C=O) groups is 1. The van der Waals surface area contributed by atoms with Crippen molar-refractivity contribution in [2.45, 2.75) is 20.3 Å². The standard InChI is InChI=1S/C13H20N4O3/c1-3-16(4-2)13(18)7-8-15-12-6-5-10(17(19)20)9-11(12)14/h5-6,9,15H,3-4,7-8,14H2,1-2H3. The van der Waals surface area contributed by atoms with Crippen molar-refractivity contribution >= 4 is 23.0 Å². The molecule has 0 aliphatic carbocycles. The number of non-ortho nitro benzene ring substituents is 1. The van der Waals surface area contributed by atoms with Crippen LogP contribution in [0.15, 0.2) is 18.2 Å². The number of benzene rings is 1. The van der Waals surface area contributed by atoms with Gasteiger partial charge in [-0.05, 0) is 19.9 Å². The van der Waals surface area contributed by atoms with Gasteiger partial charge < -0.3 is 16.0 Å². The number of nitrogens with one attached hydrogen (secondary N) is 1. The van der Waals surface area contributed by atoms with Crippen molar-refractivity contribution in [2.75, 3.05) is 30.7 Å². The van der Waals surface area contributed by atoms with Gasteiger partial charge in [0.05, 0.1) is 16.3 Å². The van der Waals surface area contributed by atoms with Gasteiger partial charge in [-0.25, -0.2) is 0 Å². The molecule has 20 heavy (non-hydrogen) atoms. The molecule has 0 atom stereocenters. The minimum atomic E-state index is -0.496. The van der Waals surface area contributed by atoms with Crippen molar-refractivity contribution in [3.63, 3.8) is 0 Å². The Balaban J connectivity index is 2.54. The SMILES string of the molecule is CCN(CC)C(=O)CCNc1ccc([N+](=O)[O-])cc1N. The van der Waals surface area contributed by atoms with Crippen LogP contribution in [0, 0.1) is 10.1 Å². The van der Waals surface area contributed by atoms with Crippen LogP contribution in [0.3, 0.4) is 0 Å². The molecular formula is C13H20N4O3. The summed E-state index contributed by atoms with van der Waals surface area (Å²) in [4.78, 5) is 23.6. The van der Waals surface area contributed by atoms with Crippen molar-refractivity contribution in [1.29, 1.82) is 0 Å². The first-order valence-electron chi connectivity index (χ1n) is 6.55. The summed E-state index contributed by atoms with van der Waals surface area (Å²) in [6.45, 7) is 5.69. The second kappa shape index (κ2) is 7.32. The van der Waals surface area contributed by atoms with Crippen LogP contribution in [0.5, 0.6) is 0 Å². The first-order valence-corrected chi connectivity index (χ1v) is 6.55. The van der Waals surface area contributed by atoms with E-state index in [0.29, 0.717) is 37.4 Å². The fourth-order valence-corrected chi connectivity index (χ4v) is 1.86. The number of hydrogen-bond donors (Lipinski definition) is 2. The molecule has 0 aliphatic heterocycles. The summed E-state index contributed by atoms with van der Waals surface area (Å²) in [5.41, 5.74) is 6.58. The van der Waals surface area contributed by atoms with Gasteiger partial charge in [0.2, 0.25) is 5.91 Å². The molecule has 1 rings (SSSR count). The van der Waals surface area contributed by atoms with Crippen LogP contribution in [-0.4, -0.2) is 35.4 Å². The Labute approximate surface area is 117 Å². The van der Waals surface area contributed by atoms with Crippen molar-refractivity contribution in [1.82, 2.24) is 4.90 Å². The van der Waals surface area contributed by atoms with Crippen molar-refractivity contribution in [3.05, 3.63) is 28.3 Å². The average molecular weight is 280 g/mol. The van der Waals surface area contributed by atoms with Gasteiger partial charge >= 0.3 is 0 Å². The number of nitrogen functional groups attached to an aromatic ring is 1. The topological polar surface area (TPSA) is 102 Å². The van der Waals surface area contributed by atoms with Crippen LogP contribution >= 0.6 is 0 Å². The van der Waals surface area contributed by atoms with Crippen LogP contribution in [-0.2, 0) is 4.79 Å². The van der Waals surface area contributed by atoms with E-state index < -0.39 is 4.92 Å². The largest absolute Gasteiger partial charge is 0.397 e. The Hall–Kier alpha value is -2.31. The molecule has 1 amide bonds. The third kappa shape index (κ3) is 4.11. The van der Waals surface area contributed by atoms with Crippen molar-refractivity contribution < 1.29 is 9.72 Å². The molecule has 0 saturated carbocycles. The summed E-state index contributed by atoms with van der Waals surface area (Å²) in [7, 11) is 0. The Kier molecular flexibility index (Phi) is 5.76. The number of amides is 1. The van der Waals surface area contributed by atoms with E-state index in [-0.39, 0.29) is 11.6 Å². The summed E-state index contributed by atoms with van der Waals surface area (Å²) in [6, 6.07) is 4.23. The second-order valence-electron chi connectivity index (χ2n) is 4.27. The second-order valence-corrected chi connectivity index (χ2v) is 4.27. The molecule has 0 heterocycles. The zero-order chi connectivity index (χ0) is 15.1. The molecule has 0 saturated heterocycles. The lowest BCUT2D eigenvalue weighted by atomic mass is 10.2. The van der Waals surface area contributed by atoms with Crippen LogP contribution in [0.25, 0.3) is 0 Å². The highest BCUT2D eigenvalue weighted by molar-refractivity contribution is 5.77. The molecule has 3 N–H and O–H groups in total. The minimum Gasteiger partial charge on any atom is -0.397 e. The molecule has 0 fully saturated rings. The molecule has 110 valence electrons. The first-order chi connectivity index (χ1) is 9.49. The maximum atomic E-state index is 11.8. The van der Waals surface area contributed by atoms with E-state index in [1.165, 1.54) is 12.1 Å².